The van der Waals surface area contributed by atoms with Gasteiger partial charge in [-0.25, -0.2) is 4.98 Å². The molecule has 6 rings (SSSR count). The van der Waals surface area contributed by atoms with E-state index in [1.165, 1.54) is 12.8 Å². The van der Waals surface area contributed by atoms with Gasteiger partial charge in [-0.1, -0.05) is 24.3 Å². The number of hydrogen-bond donors (Lipinski definition) is 3. The van der Waals surface area contributed by atoms with Crippen molar-refractivity contribution in [3.05, 3.63) is 59.7 Å². The van der Waals surface area contributed by atoms with Gasteiger partial charge in [0.2, 0.25) is 5.88 Å². The maximum atomic E-state index is 11.6. The molecule has 0 radical (unpaired) electrons. The van der Waals surface area contributed by atoms with E-state index >= 15 is 0 Å². The molecular weight excluding hydrogens is 456 g/mol. The highest BCUT2D eigenvalue weighted by Crippen LogP contribution is 2.38. The fourth-order valence-corrected chi connectivity index (χ4v) is 6.07. The predicted molar refractivity (Wildman–Crippen MR) is 137 cm³/mol. The quantitative estimate of drug-likeness (QED) is 0.469. The van der Waals surface area contributed by atoms with E-state index < -0.39 is 6.10 Å². The Hall–Kier alpha value is -3.20. The molecule has 3 atom stereocenters. The number of piperidine rings is 1. The van der Waals surface area contributed by atoms with Gasteiger partial charge in [-0.3, -0.25) is 9.69 Å². The standard InChI is InChI=1S/C28H32N4O4/c1-35-27-10-6-18-3-2-4-22(28(18)31-27)24(33)15-32-20-7-8-21(32)13-19(12-20)29-14-17-5-9-25-23(11-17)30-26(34)16-36-25/h2-6,9-11,19-21,24,29,33H,7-8,12-16H2,1H3,(H,30,34). The number of para-hydroxylation sites is 1. The third-order valence-electron chi connectivity index (χ3n) is 7.83. The number of carbonyl (C=O) groups excluding carboxylic acids is 1. The number of rotatable bonds is 7. The minimum absolute atomic E-state index is 0.0752. The van der Waals surface area contributed by atoms with Crippen molar-refractivity contribution in [1.29, 1.82) is 0 Å². The normalized spacial score (nSPS) is 24.2. The molecule has 3 aromatic rings. The van der Waals surface area contributed by atoms with E-state index in [-0.39, 0.29) is 12.5 Å². The Morgan fingerprint density at radius 3 is 2.83 bits per heavy atom. The molecule has 36 heavy (non-hydrogen) atoms. The number of nitrogens with zero attached hydrogens (tertiary/aromatic N) is 2. The third kappa shape index (κ3) is 4.52. The van der Waals surface area contributed by atoms with E-state index in [0.29, 0.717) is 30.6 Å². The molecule has 3 unspecified atom stereocenters. The molecule has 2 saturated heterocycles. The van der Waals surface area contributed by atoms with Crippen LogP contribution in [0.5, 0.6) is 11.6 Å². The van der Waals surface area contributed by atoms with E-state index in [1.54, 1.807) is 7.11 Å². The van der Waals surface area contributed by atoms with Crippen molar-refractivity contribution >= 4 is 22.5 Å². The topological polar surface area (TPSA) is 96.0 Å². The van der Waals surface area contributed by atoms with Gasteiger partial charge in [-0.05, 0) is 49.4 Å². The van der Waals surface area contributed by atoms with Crippen LogP contribution >= 0.6 is 0 Å². The van der Waals surface area contributed by atoms with Crippen LogP contribution in [-0.4, -0.2) is 59.3 Å². The molecule has 1 aromatic heterocycles. The van der Waals surface area contributed by atoms with E-state index in [4.69, 9.17) is 9.47 Å². The fraction of sp³-hybridized carbons (Fsp3) is 0.429. The number of nitrogens with one attached hydrogen (secondary N) is 2. The van der Waals surface area contributed by atoms with Crippen LogP contribution in [0.2, 0.25) is 0 Å². The van der Waals surface area contributed by atoms with Crippen LogP contribution in [0, 0.1) is 0 Å². The Balaban J connectivity index is 1.09. The van der Waals surface area contributed by atoms with Gasteiger partial charge in [-0.15, -0.1) is 0 Å². The van der Waals surface area contributed by atoms with Crippen LogP contribution in [0.3, 0.4) is 0 Å². The van der Waals surface area contributed by atoms with E-state index in [0.717, 1.165) is 52.9 Å². The molecule has 3 N–H and O–H groups in total. The summed E-state index contributed by atoms with van der Waals surface area (Å²) in [7, 11) is 1.61. The number of methoxy groups -OCH3 is 1. The maximum absolute atomic E-state index is 11.6. The van der Waals surface area contributed by atoms with Crippen LogP contribution in [0.25, 0.3) is 10.9 Å². The number of anilines is 1. The summed E-state index contributed by atoms with van der Waals surface area (Å²) in [5, 5.41) is 18.9. The van der Waals surface area contributed by atoms with Crippen molar-refractivity contribution in [3.8, 4) is 11.6 Å². The zero-order valence-corrected chi connectivity index (χ0v) is 20.4. The van der Waals surface area contributed by atoms with Gasteiger partial charge in [0.15, 0.2) is 6.61 Å². The maximum Gasteiger partial charge on any atom is 0.262 e. The van der Waals surface area contributed by atoms with Crippen LogP contribution < -0.4 is 20.1 Å². The monoisotopic (exact) mass is 488 g/mol. The van der Waals surface area contributed by atoms with Crippen molar-refractivity contribution in [2.45, 2.75) is 56.5 Å². The highest BCUT2D eigenvalue weighted by atomic mass is 16.5. The van der Waals surface area contributed by atoms with Crippen molar-refractivity contribution in [3.63, 3.8) is 0 Å². The van der Waals surface area contributed by atoms with E-state index in [1.807, 2.05) is 42.5 Å². The van der Waals surface area contributed by atoms with Crippen molar-refractivity contribution in [2.75, 3.05) is 25.6 Å². The fourth-order valence-electron chi connectivity index (χ4n) is 6.07. The Bertz CT molecular complexity index is 1270. The molecule has 2 fully saturated rings. The first-order chi connectivity index (χ1) is 17.6. The summed E-state index contributed by atoms with van der Waals surface area (Å²) in [4.78, 5) is 18.8. The predicted octanol–water partition coefficient (Wildman–Crippen LogP) is 3.39. The molecular formula is C28H32N4O4. The number of ether oxygens (including phenoxy) is 2. The lowest BCUT2D eigenvalue weighted by Crippen LogP contribution is -2.50. The Morgan fingerprint density at radius 2 is 2.03 bits per heavy atom. The molecule has 8 nitrogen and oxygen atoms in total. The first-order valence-electron chi connectivity index (χ1n) is 12.7. The lowest BCUT2D eigenvalue weighted by molar-refractivity contribution is -0.118. The first-order valence-corrected chi connectivity index (χ1v) is 12.7. The summed E-state index contributed by atoms with van der Waals surface area (Å²) >= 11 is 0. The lowest BCUT2D eigenvalue weighted by Gasteiger charge is -2.40. The van der Waals surface area contributed by atoms with Gasteiger partial charge >= 0.3 is 0 Å². The van der Waals surface area contributed by atoms with Crippen molar-refractivity contribution in [1.82, 2.24) is 15.2 Å². The Labute approximate surface area is 210 Å². The summed E-state index contributed by atoms with van der Waals surface area (Å²) in [5.74, 6) is 1.17. The number of benzene rings is 2. The van der Waals surface area contributed by atoms with Crippen molar-refractivity contribution < 1.29 is 19.4 Å². The summed E-state index contributed by atoms with van der Waals surface area (Å²) < 4.78 is 10.8. The SMILES string of the molecule is COc1ccc2cccc(C(O)CN3C4CCC3CC(NCc3ccc5c(c3)NC(=O)CO5)C4)c2n1. The molecule has 0 spiro atoms. The van der Waals surface area contributed by atoms with Crippen LogP contribution in [0.4, 0.5) is 5.69 Å². The number of pyridine rings is 1. The van der Waals surface area contributed by atoms with Gasteiger partial charge in [-0.2, -0.15) is 0 Å². The molecule has 0 saturated carbocycles. The van der Waals surface area contributed by atoms with Gasteiger partial charge < -0.3 is 25.2 Å². The van der Waals surface area contributed by atoms with E-state index in [9.17, 15) is 9.90 Å². The number of carbonyl (C=O) groups is 1. The third-order valence-corrected chi connectivity index (χ3v) is 7.83. The number of aromatic nitrogens is 1. The zero-order valence-electron chi connectivity index (χ0n) is 20.4. The summed E-state index contributed by atoms with van der Waals surface area (Å²) in [6.07, 6.45) is 3.86. The minimum atomic E-state index is -0.603. The summed E-state index contributed by atoms with van der Waals surface area (Å²) in [6, 6.07) is 17.1. The van der Waals surface area contributed by atoms with Gasteiger partial charge in [0.25, 0.3) is 5.91 Å². The van der Waals surface area contributed by atoms with Crippen LogP contribution in [0.15, 0.2) is 48.5 Å². The number of aliphatic hydroxyl groups is 1. The number of aliphatic hydroxyl groups excluding tert-OH is 1. The molecule has 1 amide bonds. The smallest absolute Gasteiger partial charge is 0.262 e. The van der Waals surface area contributed by atoms with E-state index in [2.05, 4.69) is 26.6 Å². The second-order valence-electron chi connectivity index (χ2n) is 10.1. The minimum Gasteiger partial charge on any atom is -0.482 e. The van der Waals surface area contributed by atoms with Crippen LogP contribution in [-0.2, 0) is 11.3 Å². The Kier molecular flexibility index (Phi) is 6.25. The zero-order chi connectivity index (χ0) is 24.6. The average Bonchev–Trinajstić information content (AvgIpc) is 3.12. The highest BCUT2D eigenvalue weighted by molar-refractivity contribution is 5.95. The number of amides is 1. The molecule has 8 heteroatoms. The summed E-state index contributed by atoms with van der Waals surface area (Å²) in [6.45, 7) is 1.44. The van der Waals surface area contributed by atoms with Gasteiger partial charge in [0.1, 0.15) is 5.75 Å². The van der Waals surface area contributed by atoms with Gasteiger partial charge in [0, 0.05) is 48.2 Å². The second-order valence-corrected chi connectivity index (χ2v) is 10.1. The van der Waals surface area contributed by atoms with Crippen molar-refractivity contribution in [2.24, 2.45) is 0 Å². The molecule has 3 aliphatic rings. The lowest BCUT2D eigenvalue weighted by atomic mass is 9.95. The number of fused-ring (bicyclic) bond motifs is 4. The molecule has 0 aliphatic carbocycles. The molecule has 188 valence electrons. The second kappa shape index (κ2) is 9.69. The first kappa shape index (κ1) is 23.2. The van der Waals surface area contributed by atoms with Gasteiger partial charge in [0.05, 0.1) is 24.4 Å². The molecule has 2 bridgehead atoms. The average molecular weight is 489 g/mol. The number of hydrogen-bond acceptors (Lipinski definition) is 7. The molecule has 3 aliphatic heterocycles. The largest absolute Gasteiger partial charge is 0.482 e. The molecule has 4 heterocycles. The summed E-state index contributed by atoms with van der Waals surface area (Å²) in [5.41, 5.74) is 3.54. The Morgan fingerprint density at radius 1 is 1.19 bits per heavy atom. The van der Waals surface area contributed by atoms with Crippen LogP contribution in [0.1, 0.15) is 42.9 Å². The highest BCUT2D eigenvalue weighted by Gasteiger charge is 2.41. The molecule has 2 aromatic carbocycles.